The molecule has 0 heterocycles. The average molecular weight is 365 g/mol. The van der Waals surface area contributed by atoms with Crippen LogP contribution in [0.4, 0.5) is 5.69 Å². The number of anilines is 1. The Morgan fingerprint density at radius 1 is 1.33 bits per heavy atom. The molecule has 3 N–H and O–H groups in total. The third kappa shape index (κ3) is 5.51. The van der Waals surface area contributed by atoms with E-state index >= 15 is 0 Å². The van der Waals surface area contributed by atoms with Gasteiger partial charge in [-0.2, -0.15) is 5.26 Å². The summed E-state index contributed by atoms with van der Waals surface area (Å²) in [5.74, 6) is 0.237. The standard InChI is InChI=1S/C21H23N3O3/c1-4-27-20-9-8-14(2)10-19(20)15(3)23-13-16(12-22)21(26)24-17-6-5-7-18(25)11-17/h5-11,13,15,23,25H,4H2,1-3H3,(H,24,26)/b16-13-. The van der Waals surface area contributed by atoms with Crippen LogP contribution in [0.3, 0.4) is 0 Å². The van der Waals surface area contributed by atoms with E-state index < -0.39 is 5.91 Å². The summed E-state index contributed by atoms with van der Waals surface area (Å²) >= 11 is 0. The molecule has 0 aliphatic rings. The van der Waals surface area contributed by atoms with Gasteiger partial charge >= 0.3 is 0 Å². The molecule has 1 amide bonds. The number of benzene rings is 2. The molecule has 0 aliphatic heterocycles. The number of rotatable bonds is 7. The van der Waals surface area contributed by atoms with Gasteiger partial charge in [0.15, 0.2) is 0 Å². The van der Waals surface area contributed by atoms with Crippen molar-refractivity contribution in [3.05, 3.63) is 65.4 Å². The molecule has 0 bridgehead atoms. The van der Waals surface area contributed by atoms with Crippen molar-refractivity contribution in [2.24, 2.45) is 0 Å². The highest BCUT2D eigenvalue weighted by molar-refractivity contribution is 6.06. The highest BCUT2D eigenvalue weighted by atomic mass is 16.5. The number of phenolic OH excluding ortho intramolecular Hbond substituents is 1. The van der Waals surface area contributed by atoms with Gasteiger partial charge < -0.3 is 20.5 Å². The number of nitrogens with one attached hydrogen (secondary N) is 2. The maximum absolute atomic E-state index is 12.3. The summed E-state index contributed by atoms with van der Waals surface area (Å²) < 4.78 is 5.66. The van der Waals surface area contributed by atoms with Gasteiger partial charge in [0.1, 0.15) is 23.1 Å². The summed E-state index contributed by atoms with van der Waals surface area (Å²) in [6.07, 6.45) is 1.39. The maximum atomic E-state index is 12.3. The normalized spacial score (nSPS) is 12.0. The zero-order valence-corrected chi connectivity index (χ0v) is 15.6. The second kappa shape index (κ2) is 9.30. The molecule has 2 aromatic carbocycles. The minimum absolute atomic E-state index is 0.0323. The minimum Gasteiger partial charge on any atom is -0.508 e. The second-order valence-electron chi connectivity index (χ2n) is 6.04. The van der Waals surface area contributed by atoms with Gasteiger partial charge in [-0.25, -0.2) is 0 Å². The van der Waals surface area contributed by atoms with Crippen molar-refractivity contribution in [1.29, 1.82) is 5.26 Å². The Morgan fingerprint density at radius 2 is 2.11 bits per heavy atom. The lowest BCUT2D eigenvalue weighted by Gasteiger charge is -2.18. The van der Waals surface area contributed by atoms with Gasteiger partial charge in [-0.15, -0.1) is 0 Å². The summed E-state index contributed by atoms with van der Waals surface area (Å²) in [6, 6.07) is 13.8. The summed E-state index contributed by atoms with van der Waals surface area (Å²) in [6.45, 7) is 6.39. The van der Waals surface area contributed by atoms with E-state index in [0.29, 0.717) is 12.3 Å². The Hall–Kier alpha value is -3.46. The molecule has 0 aliphatic carbocycles. The van der Waals surface area contributed by atoms with Crippen LogP contribution in [0.25, 0.3) is 0 Å². The van der Waals surface area contributed by atoms with Crippen molar-refractivity contribution < 1.29 is 14.6 Å². The lowest BCUT2D eigenvalue weighted by atomic mass is 10.0. The highest BCUT2D eigenvalue weighted by Crippen LogP contribution is 2.26. The van der Waals surface area contributed by atoms with Gasteiger partial charge in [0.05, 0.1) is 12.6 Å². The zero-order chi connectivity index (χ0) is 19.8. The zero-order valence-electron chi connectivity index (χ0n) is 15.6. The van der Waals surface area contributed by atoms with Crippen molar-refractivity contribution in [1.82, 2.24) is 5.32 Å². The molecule has 0 saturated heterocycles. The lowest BCUT2D eigenvalue weighted by molar-refractivity contribution is -0.112. The van der Waals surface area contributed by atoms with Crippen molar-refractivity contribution >= 4 is 11.6 Å². The summed E-state index contributed by atoms with van der Waals surface area (Å²) in [5.41, 5.74) is 2.37. The van der Waals surface area contributed by atoms with Crippen LogP contribution in [0, 0.1) is 18.3 Å². The Balaban J connectivity index is 2.13. The summed E-state index contributed by atoms with van der Waals surface area (Å²) in [4.78, 5) is 12.3. The predicted molar refractivity (Wildman–Crippen MR) is 104 cm³/mol. The van der Waals surface area contributed by atoms with Crippen LogP contribution in [0.15, 0.2) is 54.2 Å². The van der Waals surface area contributed by atoms with E-state index in [1.807, 2.05) is 45.0 Å². The van der Waals surface area contributed by atoms with Crippen LogP contribution in [0.2, 0.25) is 0 Å². The quantitative estimate of drug-likeness (QED) is 0.512. The third-order valence-electron chi connectivity index (χ3n) is 3.88. The first-order valence-electron chi connectivity index (χ1n) is 8.64. The SMILES string of the molecule is CCOc1ccc(C)cc1C(C)N/C=C(/C#N)C(=O)Nc1cccc(O)c1. The van der Waals surface area contributed by atoms with E-state index in [1.165, 1.54) is 18.3 Å². The van der Waals surface area contributed by atoms with E-state index in [0.717, 1.165) is 16.9 Å². The number of nitrogens with zero attached hydrogens (tertiary/aromatic N) is 1. The second-order valence-corrected chi connectivity index (χ2v) is 6.04. The fourth-order valence-corrected chi connectivity index (χ4v) is 2.52. The van der Waals surface area contributed by atoms with Crippen LogP contribution >= 0.6 is 0 Å². The fourth-order valence-electron chi connectivity index (χ4n) is 2.52. The van der Waals surface area contributed by atoms with Crippen LogP contribution in [-0.4, -0.2) is 17.6 Å². The number of ether oxygens (including phenoxy) is 1. The first kappa shape index (κ1) is 19.9. The molecule has 2 rings (SSSR count). The molecule has 0 aromatic heterocycles. The molecule has 1 atom stereocenters. The Labute approximate surface area is 159 Å². The number of aryl methyl sites for hydroxylation is 1. The van der Waals surface area contributed by atoms with E-state index in [2.05, 4.69) is 10.6 Å². The highest BCUT2D eigenvalue weighted by Gasteiger charge is 2.13. The third-order valence-corrected chi connectivity index (χ3v) is 3.88. The fraction of sp³-hybridized carbons (Fsp3) is 0.238. The topological polar surface area (TPSA) is 94.4 Å². The molecule has 2 aromatic rings. The Bertz CT molecular complexity index is 884. The Morgan fingerprint density at radius 3 is 2.78 bits per heavy atom. The van der Waals surface area contributed by atoms with Crippen molar-refractivity contribution in [2.75, 3.05) is 11.9 Å². The van der Waals surface area contributed by atoms with Gasteiger partial charge in [-0.1, -0.05) is 23.8 Å². The van der Waals surface area contributed by atoms with Crippen LogP contribution in [-0.2, 0) is 4.79 Å². The van der Waals surface area contributed by atoms with Crippen LogP contribution in [0.1, 0.15) is 31.0 Å². The first-order chi connectivity index (χ1) is 12.9. The maximum Gasteiger partial charge on any atom is 0.267 e. The molecular weight excluding hydrogens is 342 g/mol. The summed E-state index contributed by atoms with van der Waals surface area (Å²) in [5, 5.41) is 24.4. The molecule has 6 heteroatoms. The van der Waals surface area contributed by atoms with Gasteiger partial charge in [-0.05, 0) is 39.0 Å². The molecule has 1 unspecified atom stereocenters. The van der Waals surface area contributed by atoms with Gasteiger partial charge in [0, 0.05) is 23.5 Å². The van der Waals surface area contributed by atoms with Crippen LogP contribution in [0.5, 0.6) is 11.5 Å². The number of hydrogen-bond donors (Lipinski definition) is 3. The van der Waals surface area contributed by atoms with Crippen molar-refractivity contribution in [2.45, 2.75) is 26.8 Å². The smallest absolute Gasteiger partial charge is 0.267 e. The number of phenols is 1. The van der Waals surface area contributed by atoms with Gasteiger partial charge in [0.2, 0.25) is 0 Å². The van der Waals surface area contributed by atoms with Gasteiger partial charge in [-0.3, -0.25) is 4.79 Å². The number of aromatic hydroxyl groups is 1. The molecule has 0 radical (unpaired) electrons. The molecule has 140 valence electrons. The summed E-state index contributed by atoms with van der Waals surface area (Å²) in [7, 11) is 0. The molecule has 27 heavy (non-hydrogen) atoms. The molecule has 0 fully saturated rings. The largest absolute Gasteiger partial charge is 0.508 e. The number of carbonyl (C=O) groups excluding carboxylic acids is 1. The number of carbonyl (C=O) groups is 1. The molecule has 6 nitrogen and oxygen atoms in total. The lowest BCUT2D eigenvalue weighted by Crippen LogP contribution is -2.19. The van der Waals surface area contributed by atoms with Crippen LogP contribution < -0.4 is 15.4 Å². The van der Waals surface area contributed by atoms with E-state index in [1.54, 1.807) is 12.1 Å². The van der Waals surface area contributed by atoms with E-state index in [4.69, 9.17) is 4.74 Å². The van der Waals surface area contributed by atoms with Gasteiger partial charge in [0.25, 0.3) is 5.91 Å². The monoisotopic (exact) mass is 365 g/mol. The average Bonchev–Trinajstić information content (AvgIpc) is 2.63. The minimum atomic E-state index is -0.558. The molecule has 0 spiro atoms. The number of amides is 1. The Kier molecular flexibility index (Phi) is 6.84. The molecular formula is C21H23N3O3. The van der Waals surface area contributed by atoms with Crippen molar-refractivity contribution in [3.63, 3.8) is 0 Å². The number of nitriles is 1. The first-order valence-corrected chi connectivity index (χ1v) is 8.64. The number of hydrogen-bond acceptors (Lipinski definition) is 5. The van der Waals surface area contributed by atoms with E-state index in [9.17, 15) is 15.2 Å². The van der Waals surface area contributed by atoms with Crippen molar-refractivity contribution in [3.8, 4) is 17.6 Å². The predicted octanol–water partition coefficient (Wildman–Crippen LogP) is 3.80. The van der Waals surface area contributed by atoms with E-state index in [-0.39, 0.29) is 17.4 Å². The molecule has 0 saturated carbocycles.